The second-order valence-electron chi connectivity index (χ2n) is 5.40. The summed E-state index contributed by atoms with van der Waals surface area (Å²) in [6.45, 7) is 2.33. The second kappa shape index (κ2) is 5.48. The summed E-state index contributed by atoms with van der Waals surface area (Å²) >= 11 is 0. The van der Waals surface area contributed by atoms with Crippen molar-refractivity contribution in [2.75, 3.05) is 14.2 Å². The summed E-state index contributed by atoms with van der Waals surface area (Å²) in [5.74, 6) is 0.833. The first kappa shape index (κ1) is 12.3. The van der Waals surface area contributed by atoms with Gasteiger partial charge in [-0.1, -0.05) is 19.8 Å². The molecule has 2 rings (SSSR count). The highest BCUT2D eigenvalue weighted by atomic mass is 16.5. The van der Waals surface area contributed by atoms with Gasteiger partial charge in [0, 0.05) is 13.2 Å². The van der Waals surface area contributed by atoms with E-state index in [0.717, 1.165) is 12.3 Å². The minimum atomic E-state index is 0.252. The molecule has 0 aliphatic heterocycles. The lowest BCUT2D eigenvalue weighted by Crippen LogP contribution is -2.59. The number of nitrogens with one attached hydrogen (secondary N) is 1. The van der Waals surface area contributed by atoms with Gasteiger partial charge in [0.1, 0.15) is 0 Å². The molecule has 0 radical (unpaired) electrons. The summed E-state index contributed by atoms with van der Waals surface area (Å²) in [4.78, 5) is 0. The third-order valence-electron chi connectivity index (χ3n) is 4.15. The Kier molecular flexibility index (Phi) is 4.22. The van der Waals surface area contributed by atoms with E-state index in [4.69, 9.17) is 9.47 Å². The lowest BCUT2D eigenvalue weighted by Gasteiger charge is -2.45. The molecule has 0 aromatic rings. The third-order valence-corrected chi connectivity index (χ3v) is 4.15. The van der Waals surface area contributed by atoms with Crippen LogP contribution in [0, 0.1) is 5.92 Å². The van der Waals surface area contributed by atoms with Crippen molar-refractivity contribution in [1.29, 1.82) is 0 Å². The van der Waals surface area contributed by atoms with Crippen molar-refractivity contribution in [3.63, 3.8) is 0 Å². The number of hydrogen-bond donors (Lipinski definition) is 1. The van der Waals surface area contributed by atoms with Crippen LogP contribution in [0.4, 0.5) is 0 Å². The van der Waals surface area contributed by atoms with E-state index < -0.39 is 0 Å². The molecule has 3 nitrogen and oxygen atoms in total. The minimum absolute atomic E-state index is 0.252. The fourth-order valence-electron chi connectivity index (χ4n) is 3.06. The van der Waals surface area contributed by atoms with Crippen molar-refractivity contribution < 1.29 is 9.47 Å². The Hall–Kier alpha value is -0.120. The Labute approximate surface area is 98.9 Å². The van der Waals surface area contributed by atoms with E-state index >= 15 is 0 Å². The van der Waals surface area contributed by atoms with Gasteiger partial charge in [-0.2, -0.15) is 0 Å². The predicted molar refractivity (Wildman–Crippen MR) is 64.6 cm³/mol. The molecule has 16 heavy (non-hydrogen) atoms. The van der Waals surface area contributed by atoms with Gasteiger partial charge in [-0.25, -0.2) is 0 Å². The van der Waals surface area contributed by atoms with Crippen molar-refractivity contribution in [1.82, 2.24) is 5.32 Å². The number of rotatable bonds is 4. The molecule has 0 heterocycles. The zero-order valence-corrected chi connectivity index (χ0v) is 10.7. The molecule has 0 bridgehead atoms. The average Bonchev–Trinajstić information content (AvgIpc) is 2.24. The largest absolute Gasteiger partial charge is 0.377 e. The Morgan fingerprint density at radius 2 is 2.00 bits per heavy atom. The average molecular weight is 227 g/mol. The van der Waals surface area contributed by atoms with E-state index in [-0.39, 0.29) is 6.10 Å². The Morgan fingerprint density at radius 3 is 2.62 bits per heavy atom. The van der Waals surface area contributed by atoms with Crippen molar-refractivity contribution in [2.45, 2.75) is 63.4 Å². The van der Waals surface area contributed by atoms with Gasteiger partial charge in [-0.3, -0.25) is 0 Å². The van der Waals surface area contributed by atoms with E-state index in [1.54, 1.807) is 7.11 Å². The number of likely N-dealkylation sites (N-methyl/N-ethyl adjacent to an activating group) is 1. The standard InChI is InChI=1S/C13H25NO2/c1-9-5-4-6-10(7-9)16-12-8-11(14-2)13(12)15-3/h9-14H,4-8H2,1-3H3. The summed E-state index contributed by atoms with van der Waals surface area (Å²) in [7, 11) is 3.78. The highest BCUT2D eigenvalue weighted by molar-refractivity contribution is 4.97. The van der Waals surface area contributed by atoms with Crippen LogP contribution in [0.15, 0.2) is 0 Å². The third kappa shape index (κ3) is 2.58. The van der Waals surface area contributed by atoms with Crippen LogP contribution in [0.2, 0.25) is 0 Å². The van der Waals surface area contributed by atoms with Gasteiger partial charge in [0.05, 0.1) is 18.3 Å². The summed E-state index contributed by atoms with van der Waals surface area (Å²) in [5, 5.41) is 3.27. The van der Waals surface area contributed by atoms with Gasteiger partial charge >= 0.3 is 0 Å². The van der Waals surface area contributed by atoms with Gasteiger partial charge in [0.25, 0.3) is 0 Å². The smallest absolute Gasteiger partial charge is 0.0986 e. The lowest BCUT2D eigenvalue weighted by atomic mass is 9.84. The van der Waals surface area contributed by atoms with E-state index in [1.165, 1.54) is 25.7 Å². The van der Waals surface area contributed by atoms with Crippen LogP contribution in [0.3, 0.4) is 0 Å². The summed E-state index contributed by atoms with van der Waals surface area (Å²) in [6, 6.07) is 0.482. The van der Waals surface area contributed by atoms with Crippen LogP contribution in [0.5, 0.6) is 0 Å². The van der Waals surface area contributed by atoms with E-state index in [0.29, 0.717) is 18.2 Å². The van der Waals surface area contributed by atoms with Gasteiger partial charge in [0.15, 0.2) is 0 Å². The highest BCUT2D eigenvalue weighted by Gasteiger charge is 2.42. The molecule has 2 aliphatic carbocycles. The topological polar surface area (TPSA) is 30.5 Å². The fourth-order valence-corrected chi connectivity index (χ4v) is 3.06. The van der Waals surface area contributed by atoms with Crippen LogP contribution < -0.4 is 5.32 Å². The quantitative estimate of drug-likeness (QED) is 0.796. The summed E-state index contributed by atoms with van der Waals surface area (Å²) in [5.41, 5.74) is 0. The molecular weight excluding hydrogens is 202 g/mol. The molecule has 5 unspecified atom stereocenters. The van der Waals surface area contributed by atoms with Gasteiger partial charge in [-0.05, 0) is 32.2 Å². The van der Waals surface area contributed by atoms with Crippen molar-refractivity contribution >= 4 is 0 Å². The fraction of sp³-hybridized carbons (Fsp3) is 1.00. The number of ether oxygens (including phenoxy) is 2. The summed E-state index contributed by atoms with van der Waals surface area (Å²) < 4.78 is 11.7. The minimum Gasteiger partial charge on any atom is -0.377 e. The molecule has 0 aromatic carbocycles. The van der Waals surface area contributed by atoms with Crippen LogP contribution in [0.1, 0.15) is 39.0 Å². The maximum absolute atomic E-state index is 6.17. The molecule has 5 atom stereocenters. The Balaban J connectivity index is 1.77. The highest BCUT2D eigenvalue weighted by Crippen LogP contribution is 2.32. The van der Waals surface area contributed by atoms with Crippen LogP contribution in [-0.2, 0) is 9.47 Å². The van der Waals surface area contributed by atoms with E-state index in [9.17, 15) is 0 Å². The molecule has 94 valence electrons. The van der Waals surface area contributed by atoms with Gasteiger partial charge < -0.3 is 14.8 Å². The molecule has 0 amide bonds. The molecule has 0 saturated heterocycles. The first-order valence-electron chi connectivity index (χ1n) is 6.60. The molecule has 2 saturated carbocycles. The number of methoxy groups -OCH3 is 1. The zero-order valence-electron chi connectivity index (χ0n) is 10.7. The van der Waals surface area contributed by atoms with Gasteiger partial charge in [-0.15, -0.1) is 0 Å². The predicted octanol–water partition coefficient (Wildman–Crippen LogP) is 1.96. The van der Waals surface area contributed by atoms with Crippen molar-refractivity contribution in [3.8, 4) is 0 Å². The zero-order chi connectivity index (χ0) is 11.5. The first-order valence-corrected chi connectivity index (χ1v) is 6.60. The Bertz CT molecular complexity index is 222. The SMILES string of the molecule is CNC1CC(OC2CCCC(C)C2)C1OC. The molecule has 2 aliphatic rings. The van der Waals surface area contributed by atoms with Crippen molar-refractivity contribution in [2.24, 2.45) is 5.92 Å². The molecule has 0 spiro atoms. The normalized spacial score (nSPS) is 44.1. The van der Waals surface area contributed by atoms with Gasteiger partial charge in [0.2, 0.25) is 0 Å². The maximum atomic E-state index is 6.17. The van der Waals surface area contributed by atoms with Crippen molar-refractivity contribution in [3.05, 3.63) is 0 Å². The number of hydrogen-bond acceptors (Lipinski definition) is 3. The maximum Gasteiger partial charge on any atom is 0.0986 e. The van der Waals surface area contributed by atoms with E-state index in [2.05, 4.69) is 12.2 Å². The van der Waals surface area contributed by atoms with Crippen LogP contribution >= 0.6 is 0 Å². The van der Waals surface area contributed by atoms with E-state index in [1.807, 2.05) is 7.05 Å². The van der Waals surface area contributed by atoms with Crippen LogP contribution in [-0.4, -0.2) is 38.5 Å². The lowest BCUT2D eigenvalue weighted by molar-refractivity contribution is -0.163. The Morgan fingerprint density at radius 1 is 1.19 bits per heavy atom. The molecule has 3 heteroatoms. The first-order chi connectivity index (χ1) is 7.74. The van der Waals surface area contributed by atoms with Crippen LogP contribution in [0.25, 0.3) is 0 Å². The monoisotopic (exact) mass is 227 g/mol. The summed E-state index contributed by atoms with van der Waals surface area (Å²) in [6.07, 6.45) is 7.31. The second-order valence-corrected chi connectivity index (χ2v) is 5.40. The molecule has 0 aromatic heterocycles. The molecular formula is C13H25NO2. The molecule has 2 fully saturated rings. The molecule has 1 N–H and O–H groups in total.